The first kappa shape index (κ1) is 20.3. The Balaban J connectivity index is 1.53. The Labute approximate surface area is 167 Å². The normalized spacial score (nSPS) is 20.3. The van der Waals surface area contributed by atoms with Crippen molar-refractivity contribution in [2.24, 2.45) is 4.99 Å². The fourth-order valence-corrected chi connectivity index (χ4v) is 3.65. The highest BCUT2D eigenvalue weighted by Gasteiger charge is 2.36. The van der Waals surface area contributed by atoms with Crippen LogP contribution in [0.15, 0.2) is 29.3 Å². The zero-order valence-corrected chi connectivity index (χ0v) is 17.6. The van der Waals surface area contributed by atoms with Crippen LogP contribution in [0.3, 0.4) is 0 Å². The Bertz CT molecular complexity index is 729. The lowest BCUT2D eigenvalue weighted by atomic mass is 10.0. The molecule has 1 N–H and O–H groups in total. The predicted octanol–water partition coefficient (Wildman–Crippen LogP) is 2.68. The molecular formula is C21H32N4O3. The number of ether oxygens (including phenoxy) is 2. The van der Waals surface area contributed by atoms with E-state index >= 15 is 0 Å². The molecule has 2 aliphatic heterocycles. The topological polar surface area (TPSA) is 66.4 Å². The number of para-hydroxylation sites is 1. The maximum atomic E-state index is 12.3. The molecular weight excluding hydrogens is 356 g/mol. The highest BCUT2D eigenvalue weighted by atomic mass is 16.6. The van der Waals surface area contributed by atoms with Crippen molar-refractivity contribution in [3.05, 3.63) is 29.8 Å². The number of methoxy groups -OCH3 is 1. The van der Waals surface area contributed by atoms with Crippen LogP contribution in [0.25, 0.3) is 0 Å². The van der Waals surface area contributed by atoms with Crippen LogP contribution in [0, 0.1) is 0 Å². The van der Waals surface area contributed by atoms with E-state index in [4.69, 9.17) is 9.47 Å². The summed E-state index contributed by atoms with van der Waals surface area (Å²) in [6.45, 7) is 11.4. The van der Waals surface area contributed by atoms with E-state index in [1.54, 1.807) is 12.0 Å². The van der Waals surface area contributed by atoms with Gasteiger partial charge in [0.1, 0.15) is 11.4 Å². The first-order valence-electron chi connectivity index (χ1n) is 9.94. The summed E-state index contributed by atoms with van der Waals surface area (Å²) < 4.78 is 11.0. The van der Waals surface area contributed by atoms with Gasteiger partial charge in [0, 0.05) is 32.1 Å². The van der Waals surface area contributed by atoms with Crippen molar-refractivity contribution < 1.29 is 14.3 Å². The van der Waals surface area contributed by atoms with E-state index in [0.29, 0.717) is 25.6 Å². The molecule has 3 rings (SSSR count). The molecule has 2 heterocycles. The number of fused-ring (bicyclic) bond motifs is 1. The summed E-state index contributed by atoms with van der Waals surface area (Å²) in [5, 5.41) is 3.50. The molecule has 1 saturated heterocycles. The molecule has 28 heavy (non-hydrogen) atoms. The van der Waals surface area contributed by atoms with Crippen LogP contribution in [0.1, 0.15) is 39.2 Å². The van der Waals surface area contributed by atoms with Crippen LogP contribution in [0.4, 0.5) is 4.79 Å². The monoisotopic (exact) mass is 388 g/mol. The molecule has 2 aliphatic rings. The van der Waals surface area contributed by atoms with E-state index in [0.717, 1.165) is 24.8 Å². The third kappa shape index (κ3) is 4.69. The Morgan fingerprint density at radius 3 is 2.79 bits per heavy atom. The van der Waals surface area contributed by atoms with E-state index < -0.39 is 5.60 Å². The number of nitrogens with zero attached hydrogens (tertiary/aromatic N) is 3. The van der Waals surface area contributed by atoms with Crippen LogP contribution >= 0.6 is 0 Å². The van der Waals surface area contributed by atoms with Gasteiger partial charge in [-0.3, -0.25) is 4.99 Å². The maximum absolute atomic E-state index is 12.3. The van der Waals surface area contributed by atoms with Gasteiger partial charge in [0.2, 0.25) is 0 Å². The summed E-state index contributed by atoms with van der Waals surface area (Å²) in [6.07, 6.45) is -0.238. The van der Waals surface area contributed by atoms with Gasteiger partial charge in [-0.25, -0.2) is 4.79 Å². The number of benzene rings is 1. The van der Waals surface area contributed by atoms with E-state index in [-0.39, 0.29) is 12.1 Å². The van der Waals surface area contributed by atoms with Crippen LogP contribution in [0.2, 0.25) is 0 Å². The number of aliphatic imine (C=N–C) groups is 1. The molecule has 7 heteroatoms. The minimum Gasteiger partial charge on any atom is -0.496 e. The van der Waals surface area contributed by atoms with Crippen LogP contribution in [-0.4, -0.2) is 73.3 Å². The number of carbonyl (C=O) groups excluding carboxylic acids is 1. The SMILES string of the molecule is COc1ccccc1C(C)CNC1=NCC2CN(C(=O)OC(C)(C)C)CCN12. The van der Waals surface area contributed by atoms with E-state index in [1.807, 2.05) is 39.0 Å². The molecule has 2 atom stereocenters. The molecule has 0 aromatic heterocycles. The number of guanidine groups is 1. The lowest BCUT2D eigenvalue weighted by Gasteiger charge is -2.39. The molecule has 0 radical (unpaired) electrons. The minimum absolute atomic E-state index is 0.213. The summed E-state index contributed by atoms with van der Waals surface area (Å²) in [5.41, 5.74) is 0.712. The van der Waals surface area contributed by atoms with Crippen molar-refractivity contribution in [1.82, 2.24) is 15.1 Å². The lowest BCUT2D eigenvalue weighted by Crippen LogP contribution is -2.57. The van der Waals surface area contributed by atoms with Crippen molar-refractivity contribution in [3.63, 3.8) is 0 Å². The van der Waals surface area contributed by atoms with Crippen molar-refractivity contribution in [3.8, 4) is 5.75 Å². The van der Waals surface area contributed by atoms with Gasteiger partial charge in [-0.15, -0.1) is 0 Å². The summed E-state index contributed by atoms with van der Waals surface area (Å²) in [4.78, 5) is 21.1. The second kappa shape index (κ2) is 8.29. The highest BCUT2D eigenvalue weighted by molar-refractivity contribution is 5.82. The van der Waals surface area contributed by atoms with E-state index in [9.17, 15) is 4.79 Å². The molecule has 1 aromatic rings. The zero-order chi connectivity index (χ0) is 20.3. The molecule has 0 aliphatic carbocycles. The van der Waals surface area contributed by atoms with Gasteiger partial charge in [0.05, 0.1) is 19.7 Å². The third-order valence-corrected chi connectivity index (χ3v) is 5.09. The number of hydrogen-bond donors (Lipinski definition) is 1. The lowest BCUT2D eigenvalue weighted by molar-refractivity contribution is 0.0137. The summed E-state index contributed by atoms with van der Waals surface area (Å²) in [7, 11) is 1.70. The minimum atomic E-state index is -0.470. The molecule has 2 unspecified atom stereocenters. The quantitative estimate of drug-likeness (QED) is 0.859. The van der Waals surface area contributed by atoms with Gasteiger partial charge in [-0.1, -0.05) is 25.1 Å². The first-order chi connectivity index (χ1) is 13.3. The van der Waals surface area contributed by atoms with Crippen molar-refractivity contribution in [2.45, 2.75) is 45.3 Å². The fraction of sp³-hybridized carbons (Fsp3) is 0.619. The second-order valence-corrected chi connectivity index (χ2v) is 8.46. The molecule has 154 valence electrons. The largest absolute Gasteiger partial charge is 0.496 e. The number of rotatable bonds is 4. The molecule has 0 saturated carbocycles. The Morgan fingerprint density at radius 1 is 1.32 bits per heavy atom. The third-order valence-electron chi connectivity index (χ3n) is 5.09. The zero-order valence-electron chi connectivity index (χ0n) is 17.6. The maximum Gasteiger partial charge on any atom is 0.410 e. The van der Waals surface area contributed by atoms with Gasteiger partial charge in [0.25, 0.3) is 0 Å². The Morgan fingerprint density at radius 2 is 2.07 bits per heavy atom. The number of hydrogen-bond acceptors (Lipinski definition) is 6. The predicted molar refractivity (Wildman–Crippen MR) is 110 cm³/mol. The number of piperazine rings is 1. The van der Waals surface area contributed by atoms with Gasteiger partial charge < -0.3 is 24.6 Å². The Hall–Kier alpha value is -2.44. The van der Waals surface area contributed by atoms with Gasteiger partial charge >= 0.3 is 6.09 Å². The van der Waals surface area contributed by atoms with E-state index in [1.165, 1.54) is 5.56 Å². The standard InChI is InChI=1S/C21H32N4O3/c1-15(17-8-6-7-9-18(17)27-5)12-22-19-23-13-16-14-24(10-11-25(16)19)20(26)28-21(2,3)4/h6-9,15-16H,10-14H2,1-5H3,(H,22,23). The van der Waals surface area contributed by atoms with Crippen molar-refractivity contribution in [1.29, 1.82) is 0 Å². The first-order valence-corrected chi connectivity index (χ1v) is 9.94. The summed E-state index contributed by atoms with van der Waals surface area (Å²) in [6, 6.07) is 8.32. The average molecular weight is 389 g/mol. The highest BCUT2D eigenvalue weighted by Crippen LogP contribution is 2.26. The summed E-state index contributed by atoms with van der Waals surface area (Å²) in [5.74, 6) is 2.13. The number of amides is 1. The van der Waals surface area contributed by atoms with Gasteiger partial charge in [-0.2, -0.15) is 0 Å². The molecule has 7 nitrogen and oxygen atoms in total. The molecule has 1 aromatic carbocycles. The summed E-state index contributed by atoms with van der Waals surface area (Å²) >= 11 is 0. The van der Waals surface area contributed by atoms with Crippen LogP contribution in [0.5, 0.6) is 5.75 Å². The van der Waals surface area contributed by atoms with Crippen LogP contribution < -0.4 is 10.1 Å². The van der Waals surface area contributed by atoms with Crippen molar-refractivity contribution in [2.75, 3.05) is 39.8 Å². The number of carbonyl (C=O) groups is 1. The van der Waals surface area contributed by atoms with Gasteiger partial charge in [-0.05, 0) is 32.4 Å². The van der Waals surface area contributed by atoms with Crippen LogP contribution in [-0.2, 0) is 4.74 Å². The number of nitrogens with one attached hydrogen (secondary N) is 1. The fourth-order valence-electron chi connectivity index (χ4n) is 3.65. The average Bonchev–Trinajstić information content (AvgIpc) is 3.07. The molecule has 0 bridgehead atoms. The molecule has 1 fully saturated rings. The van der Waals surface area contributed by atoms with Crippen molar-refractivity contribution >= 4 is 12.1 Å². The van der Waals surface area contributed by atoms with E-state index in [2.05, 4.69) is 28.2 Å². The van der Waals surface area contributed by atoms with Gasteiger partial charge in [0.15, 0.2) is 5.96 Å². The molecule has 0 spiro atoms. The smallest absolute Gasteiger partial charge is 0.410 e. The Kier molecular flexibility index (Phi) is 6.01. The second-order valence-electron chi connectivity index (χ2n) is 8.46. The molecule has 1 amide bonds.